The second kappa shape index (κ2) is 7.28. The molecule has 1 amide bonds. The molecule has 6 heteroatoms. The van der Waals surface area contributed by atoms with Crippen LogP contribution < -0.4 is 4.74 Å². The maximum absolute atomic E-state index is 12.5. The predicted molar refractivity (Wildman–Crippen MR) is 84.5 cm³/mol. The van der Waals surface area contributed by atoms with Crippen molar-refractivity contribution in [1.82, 2.24) is 4.90 Å². The van der Waals surface area contributed by atoms with Gasteiger partial charge in [0.1, 0.15) is 18.4 Å². The zero-order valence-corrected chi connectivity index (χ0v) is 13.1. The first-order chi connectivity index (χ1) is 10.9. The molecular formula is C17H21NO5. The molecule has 0 aromatic heterocycles. The molecule has 2 rings (SSSR count). The summed E-state index contributed by atoms with van der Waals surface area (Å²) in [6.07, 6.45) is -0.242. The third-order valence-corrected chi connectivity index (χ3v) is 3.71. The fraction of sp³-hybridized carbons (Fsp3) is 0.412. The highest BCUT2D eigenvalue weighted by Crippen LogP contribution is 2.22. The van der Waals surface area contributed by atoms with Crippen LogP contribution in [-0.4, -0.2) is 52.3 Å². The molecule has 0 bridgehead atoms. The number of likely N-dealkylation sites (tertiary alicyclic amines) is 1. The summed E-state index contributed by atoms with van der Waals surface area (Å²) in [5.74, 6) is -0.831. The molecule has 0 unspecified atom stereocenters. The number of carboxylic acid groups (broad SMARTS) is 1. The van der Waals surface area contributed by atoms with E-state index < -0.39 is 18.1 Å². The van der Waals surface area contributed by atoms with Crippen molar-refractivity contribution >= 4 is 11.9 Å². The third-order valence-electron chi connectivity index (χ3n) is 3.71. The van der Waals surface area contributed by atoms with Crippen molar-refractivity contribution in [2.45, 2.75) is 31.9 Å². The maximum Gasteiger partial charge on any atom is 0.326 e. The van der Waals surface area contributed by atoms with E-state index >= 15 is 0 Å². The van der Waals surface area contributed by atoms with Gasteiger partial charge >= 0.3 is 5.97 Å². The molecule has 1 aliphatic rings. The standard InChI is InChI=1S/C17H21NO5/c1-11(2)10-23-14-5-3-12(4-6-14)16(20)18-8-7-13(19)9-15(18)17(21)22/h3-6,13,15,19H,1,7-10H2,2H3,(H,21,22)/t13-,15+/m1/s1. The summed E-state index contributed by atoms with van der Waals surface area (Å²) in [5, 5.41) is 18.9. The number of rotatable bonds is 5. The smallest absolute Gasteiger partial charge is 0.326 e. The number of hydrogen-bond acceptors (Lipinski definition) is 4. The van der Waals surface area contributed by atoms with Gasteiger partial charge in [-0.1, -0.05) is 6.58 Å². The van der Waals surface area contributed by atoms with E-state index in [1.54, 1.807) is 24.3 Å². The van der Waals surface area contributed by atoms with Gasteiger partial charge in [0.15, 0.2) is 0 Å². The lowest BCUT2D eigenvalue weighted by Crippen LogP contribution is -2.51. The van der Waals surface area contributed by atoms with Gasteiger partial charge in [0, 0.05) is 18.5 Å². The molecule has 2 N–H and O–H groups in total. The van der Waals surface area contributed by atoms with E-state index in [1.807, 2.05) is 6.92 Å². The molecular weight excluding hydrogens is 298 g/mol. The van der Waals surface area contributed by atoms with Gasteiger partial charge in [-0.25, -0.2) is 4.79 Å². The highest BCUT2D eigenvalue weighted by molar-refractivity contribution is 5.96. The molecule has 1 saturated heterocycles. The maximum atomic E-state index is 12.5. The van der Waals surface area contributed by atoms with Crippen molar-refractivity contribution < 1.29 is 24.5 Å². The first-order valence-corrected chi connectivity index (χ1v) is 7.47. The number of hydrogen-bond donors (Lipinski definition) is 2. The number of nitrogens with zero attached hydrogens (tertiary/aromatic N) is 1. The third kappa shape index (κ3) is 4.32. The van der Waals surface area contributed by atoms with Gasteiger partial charge in [0.05, 0.1) is 6.10 Å². The number of aliphatic hydroxyl groups excluding tert-OH is 1. The minimum absolute atomic E-state index is 0.0564. The Balaban J connectivity index is 2.09. The SMILES string of the molecule is C=C(C)COc1ccc(C(=O)N2CC[C@@H](O)C[C@H]2C(=O)O)cc1. The molecule has 0 spiro atoms. The lowest BCUT2D eigenvalue weighted by Gasteiger charge is -2.35. The number of benzene rings is 1. The van der Waals surface area contributed by atoms with Crippen LogP contribution >= 0.6 is 0 Å². The minimum atomic E-state index is -1.10. The van der Waals surface area contributed by atoms with Crippen LogP contribution in [0.15, 0.2) is 36.4 Å². The highest BCUT2D eigenvalue weighted by Gasteiger charge is 2.35. The van der Waals surface area contributed by atoms with Gasteiger partial charge in [-0.2, -0.15) is 0 Å². The van der Waals surface area contributed by atoms with Crippen LogP contribution in [0.3, 0.4) is 0 Å². The zero-order valence-electron chi connectivity index (χ0n) is 13.1. The molecule has 6 nitrogen and oxygen atoms in total. The molecule has 1 aliphatic heterocycles. The van der Waals surface area contributed by atoms with E-state index in [2.05, 4.69) is 6.58 Å². The lowest BCUT2D eigenvalue weighted by atomic mass is 9.98. The summed E-state index contributed by atoms with van der Waals surface area (Å²) >= 11 is 0. The summed E-state index contributed by atoms with van der Waals surface area (Å²) in [4.78, 5) is 25.1. The average Bonchev–Trinajstić information content (AvgIpc) is 2.52. The Morgan fingerprint density at radius 3 is 2.57 bits per heavy atom. The van der Waals surface area contributed by atoms with Gasteiger partial charge in [0.2, 0.25) is 0 Å². The predicted octanol–water partition coefficient (Wildman–Crippen LogP) is 1.69. The number of carbonyl (C=O) groups excluding carboxylic acids is 1. The van der Waals surface area contributed by atoms with E-state index in [1.165, 1.54) is 4.90 Å². The van der Waals surface area contributed by atoms with Crippen molar-refractivity contribution in [2.75, 3.05) is 13.2 Å². The van der Waals surface area contributed by atoms with Crippen LogP contribution in [0.25, 0.3) is 0 Å². The summed E-state index contributed by atoms with van der Waals surface area (Å²) < 4.78 is 5.47. The molecule has 0 aliphatic carbocycles. The molecule has 1 heterocycles. The number of piperidine rings is 1. The Morgan fingerprint density at radius 1 is 1.35 bits per heavy atom. The molecule has 124 valence electrons. The van der Waals surface area contributed by atoms with Crippen LogP contribution in [-0.2, 0) is 4.79 Å². The van der Waals surface area contributed by atoms with Crippen molar-refractivity contribution in [3.05, 3.63) is 42.0 Å². The molecule has 0 radical (unpaired) electrons. The van der Waals surface area contributed by atoms with Gasteiger partial charge in [-0.15, -0.1) is 0 Å². The second-order valence-electron chi connectivity index (χ2n) is 5.80. The zero-order chi connectivity index (χ0) is 17.0. The van der Waals surface area contributed by atoms with E-state index in [-0.39, 0.29) is 18.9 Å². The second-order valence-corrected chi connectivity index (χ2v) is 5.80. The molecule has 1 fully saturated rings. The summed E-state index contributed by atoms with van der Waals surface area (Å²) in [6, 6.07) is 5.57. The van der Waals surface area contributed by atoms with Gasteiger partial charge in [-0.05, 0) is 43.2 Å². The number of amides is 1. The van der Waals surface area contributed by atoms with Crippen molar-refractivity contribution in [3.63, 3.8) is 0 Å². The number of carboxylic acids is 1. The monoisotopic (exact) mass is 319 g/mol. The van der Waals surface area contributed by atoms with Gasteiger partial charge in [0.25, 0.3) is 5.91 Å². The number of aliphatic carboxylic acids is 1. The normalized spacial score (nSPS) is 20.9. The average molecular weight is 319 g/mol. The van der Waals surface area contributed by atoms with Gasteiger partial charge in [-0.3, -0.25) is 4.79 Å². The Morgan fingerprint density at radius 2 is 2.00 bits per heavy atom. The topological polar surface area (TPSA) is 87.1 Å². The van der Waals surface area contributed by atoms with Crippen LogP contribution in [0.1, 0.15) is 30.1 Å². The van der Waals surface area contributed by atoms with Gasteiger partial charge < -0.3 is 19.8 Å². The fourth-order valence-corrected chi connectivity index (χ4v) is 2.49. The first-order valence-electron chi connectivity index (χ1n) is 7.47. The highest BCUT2D eigenvalue weighted by atomic mass is 16.5. The van der Waals surface area contributed by atoms with Crippen LogP contribution in [0, 0.1) is 0 Å². The molecule has 1 aromatic rings. The van der Waals surface area contributed by atoms with Crippen molar-refractivity contribution in [3.8, 4) is 5.75 Å². The molecule has 1 aromatic carbocycles. The minimum Gasteiger partial charge on any atom is -0.489 e. The van der Waals surface area contributed by atoms with Crippen molar-refractivity contribution in [2.24, 2.45) is 0 Å². The summed E-state index contributed by atoms with van der Waals surface area (Å²) in [5.41, 5.74) is 1.29. The number of aliphatic hydroxyl groups is 1. The number of ether oxygens (including phenoxy) is 1. The summed E-state index contributed by atoms with van der Waals surface area (Å²) in [6.45, 7) is 6.23. The Bertz CT molecular complexity index is 596. The van der Waals surface area contributed by atoms with E-state index in [0.717, 1.165) is 5.57 Å². The van der Waals surface area contributed by atoms with E-state index in [9.17, 15) is 19.8 Å². The Labute approximate surface area is 135 Å². The van der Waals surface area contributed by atoms with Crippen LogP contribution in [0.4, 0.5) is 0 Å². The number of carbonyl (C=O) groups is 2. The Kier molecular flexibility index (Phi) is 5.39. The van der Waals surface area contributed by atoms with E-state index in [0.29, 0.717) is 24.3 Å². The largest absolute Gasteiger partial charge is 0.489 e. The fourth-order valence-electron chi connectivity index (χ4n) is 2.49. The van der Waals surface area contributed by atoms with Crippen LogP contribution in [0.2, 0.25) is 0 Å². The van der Waals surface area contributed by atoms with E-state index in [4.69, 9.17) is 4.74 Å². The quantitative estimate of drug-likeness (QED) is 0.807. The summed E-state index contributed by atoms with van der Waals surface area (Å²) in [7, 11) is 0. The van der Waals surface area contributed by atoms with Crippen LogP contribution in [0.5, 0.6) is 5.75 Å². The molecule has 23 heavy (non-hydrogen) atoms. The molecule has 2 atom stereocenters. The first kappa shape index (κ1) is 17.0. The lowest BCUT2D eigenvalue weighted by molar-refractivity contribution is -0.145. The van der Waals surface area contributed by atoms with Crippen molar-refractivity contribution in [1.29, 1.82) is 0 Å². The Hall–Kier alpha value is -2.34. The molecule has 0 saturated carbocycles.